The Balaban J connectivity index is 1.93. The van der Waals surface area contributed by atoms with E-state index < -0.39 is 5.56 Å². The van der Waals surface area contributed by atoms with E-state index in [0.717, 1.165) is 0 Å². The number of nitrogens with zero attached hydrogens (tertiary/aromatic N) is 3. The molecule has 0 aliphatic heterocycles. The van der Waals surface area contributed by atoms with E-state index in [9.17, 15) is 14.4 Å². The largest absolute Gasteiger partial charge is 0.290 e. The molecule has 1 aromatic heterocycles. The fraction of sp³-hybridized carbons (Fsp3) is 0. The number of hydrogen-bond acceptors (Lipinski definition) is 5. The van der Waals surface area contributed by atoms with E-state index in [4.69, 9.17) is 0 Å². The normalized spacial score (nSPS) is 10.7. The second kappa shape index (κ2) is 8.41. The number of H-pyrrole nitrogens is 1. The van der Waals surface area contributed by atoms with Crippen LogP contribution in [0, 0.1) is 20.7 Å². The maximum atomic E-state index is 13.7. The predicted octanol–water partition coefficient (Wildman–Crippen LogP) is 4.26. The summed E-state index contributed by atoms with van der Waals surface area (Å²) in [5, 5.41) is 13.2. The summed E-state index contributed by atoms with van der Waals surface area (Å²) in [5.41, 5.74) is 3.34. The van der Waals surface area contributed by atoms with Gasteiger partial charge in [0.25, 0.3) is 5.56 Å². The van der Waals surface area contributed by atoms with Crippen molar-refractivity contribution in [2.75, 3.05) is 5.43 Å². The number of halogens is 3. The van der Waals surface area contributed by atoms with Crippen molar-refractivity contribution in [2.45, 2.75) is 0 Å². The zero-order chi connectivity index (χ0) is 19.4. The summed E-state index contributed by atoms with van der Waals surface area (Å²) in [6, 6.07) is 13.7. The first-order chi connectivity index (χ1) is 13.0. The maximum absolute atomic E-state index is 13.7. The van der Waals surface area contributed by atoms with Crippen molar-refractivity contribution in [2.24, 2.45) is 5.10 Å². The molecular formula is C18H10BrFIN5O. The Kier molecular flexibility index (Phi) is 5.98. The lowest BCUT2D eigenvalue weighted by Crippen LogP contribution is -2.16. The summed E-state index contributed by atoms with van der Waals surface area (Å²) in [6.07, 6.45) is 1.39. The van der Waals surface area contributed by atoms with Crippen LogP contribution in [0.3, 0.4) is 0 Å². The van der Waals surface area contributed by atoms with Crippen molar-refractivity contribution < 1.29 is 4.39 Å². The van der Waals surface area contributed by atoms with Gasteiger partial charge in [-0.15, -0.1) is 0 Å². The van der Waals surface area contributed by atoms with Crippen LogP contribution >= 0.6 is 38.5 Å². The van der Waals surface area contributed by atoms with Crippen molar-refractivity contribution in [3.63, 3.8) is 0 Å². The summed E-state index contributed by atoms with van der Waals surface area (Å²) in [7, 11) is 0. The van der Waals surface area contributed by atoms with Crippen molar-refractivity contribution in [3.05, 3.63) is 77.8 Å². The third-order valence-electron chi connectivity index (χ3n) is 3.49. The molecule has 6 nitrogen and oxygen atoms in total. The van der Waals surface area contributed by atoms with Gasteiger partial charge in [0.05, 0.1) is 11.9 Å². The van der Waals surface area contributed by atoms with Crippen LogP contribution in [0.15, 0.2) is 56.8 Å². The van der Waals surface area contributed by atoms with Crippen LogP contribution in [0.2, 0.25) is 0 Å². The van der Waals surface area contributed by atoms with E-state index in [2.05, 4.69) is 36.4 Å². The fourth-order valence-corrected chi connectivity index (χ4v) is 3.58. The number of anilines is 1. The summed E-state index contributed by atoms with van der Waals surface area (Å²) >= 11 is 5.23. The lowest BCUT2D eigenvalue weighted by atomic mass is 10.1. The molecule has 1 heterocycles. The van der Waals surface area contributed by atoms with Gasteiger partial charge in [0.15, 0.2) is 0 Å². The van der Waals surface area contributed by atoms with E-state index in [1.807, 2.05) is 34.7 Å². The number of hydrogen-bond donors (Lipinski definition) is 2. The molecule has 2 aromatic carbocycles. The quantitative estimate of drug-likeness (QED) is 0.225. The number of aromatic nitrogens is 2. The molecule has 27 heavy (non-hydrogen) atoms. The Morgan fingerprint density at radius 1 is 1.33 bits per heavy atom. The monoisotopic (exact) mass is 537 g/mol. The minimum Gasteiger partial charge on any atom is -0.290 e. The standard InChI is InChI=1S/C18H10BrFIN5O/c19-13-7-15(21)14(20)6-11(13)9-23-26-18-24-16(10-4-2-1-3-5-10)12(8-22)17(27)25-18/h1-7,9H,(H2,24,25,26,27). The van der Waals surface area contributed by atoms with Gasteiger partial charge in [0.2, 0.25) is 5.95 Å². The van der Waals surface area contributed by atoms with Gasteiger partial charge in [-0.05, 0) is 34.7 Å². The van der Waals surface area contributed by atoms with E-state index in [1.54, 1.807) is 30.3 Å². The number of nitrogens with one attached hydrogen (secondary N) is 2. The molecule has 0 saturated carbocycles. The van der Waals surface area contributed by atoms with E-state index in [0.29, 0.717) is 19.2 Å². The zero-order valence-corrected chi connectivity index (χ0v) is 17.2. The highest BCUT2D eigenvalue weighted by atomic mass is 127. The van der Waals surface area contributed by atoms with Gasteiger partial charge in [-0.2, -0.15) is 10.4 Å². The van der Waals surface area contributed by atoms with E-state index in [1.165, 1.54) is 12.3 Å². The van der Waals surface area contributed by atoms with Crippen molar-refractivity contribution >= 4 is 50.7 Å². The fourth-order valence-electron chi connectivity index (χ4n) is 2.23. The third-order valence-corrected chi connectivity index (χ3v) is 5.01. The molecule has 0 spiro atoms. The van der Waals surface area contributed by atoms with E-state index in [-0.39, 0.29) is 23.0 Å². The van der Waals surface area contributed by atoms with Crippen molar-refractivity contribution in [1.82, 2.24) is 9.97 Å². The Morgan fingerprint density at radius 2 is 2.07 bits per heavy atom. The first kappa shape index (κ1) is 19.2. The minimum atomic E-state index is -0.578. The molecule has 0 fully saturated rings. The molecular weight excluding hydrogens is 528 g/mol. The molecule has 3 rings (SSSR count). The summed E-state index contributed by atoms with van der Waals surface area (Å²) in [6.45, 7) is 0. The molecule has 9 heteroatoms. The van der Waals surface area contributed by atoms with Crippen LogP contribution in [0.25, 0.3) is 11.3 Å². The topological polar surface area (TPSA) is 93.9 Å². The van der Waals surface area contributed by atoms with Crippen LogP contribution in [-0.2, 0) is 0 Å². The molecule has 0 amide bonds. The molecule has 0 atom stereocenters. The first-order valence-corrected chi connectivity index (χ1v) is 9.40. The van der Waals surface area contributed by atoms with Crippen LogP contribution < -0.4 is 11.0 Å². The van der Waals surface area contributed by atoms with Crippen LogP contribution in [0.4, 0.5) is 10.3 Å². The van der Waals surface area contributed by atoms with Gasteiger partial charge >= 0.3 is 0 Å². The average molecular weight is 538 g/mol. The third kappa shape index (κ3) is 4.40. The highest BCUT2D eigenvalue weighted by Gasteiger charge is 2.13. The second-order valence-corrected chi connectivity index (χ2v) is 7.29. The predicted molar refractivity (Wildman–Crippen MR) is 113 cm³/mol. The van der Waals surface area contributed by atoms with Crippen molar-refractivity contribution in [3.8, 4) is 17.3 Å². The molecule has 3 aromatic rings. The summed E-state index contributed by atoms with van der Waals surface area (Å²) in [4.78, 5) is 18.9. The SMILES string of the molecule is N#Cc1c(-c2ccccc2)nc(NN=Cc2cc(F)c(I)cc2Br)[nH]c1=O. The number of nitriles is 1. The number of benzene rings is 2. The molecule has 0 saturated heterocycles. The summed E-state index contributed by atoms with van der Waals surface area (Å²) in [5.74, 6) is -0.298. The Labute approximate surface area is 175 Å². The molecule has 0 radical (unpaired) electrons. The lowest BCUT2D eigenvalue weighted by Gasteiger charge is -2.06. The molecule has 0 unspecified atom stereocenters. The molecule has 2 N–H and O–H groups in total. The van der Waals surface area contributed by atoms with Crippen LogP contribution in [0.1, 0.15) is 11.1 Å². The van der Waals surface area contributed by atoms with Crippen LogP contribution in [-0.4, -0.2) is 16.2 Å². The second-order valence-electron chi connectivity index (χ2n) is 5.27. The average Bonchev–Trinajstić information content (AvgIpc) is 2.66. The first-order valence-electron chi connectivity index (χ1n) is 7.53. The Hall–Kier alpha value is -2.58. The van der Waals surface area contributed by atoms with E-state index >= 15 is 0 Å². The number of rotatable bonds is 4. The van der Waals surface area contributed by atoms with Crippen LogP contribution in [0.5, 0.6) is 0 Å². The highest BCUT2D eigenvalue weighted by Crippen LogP contribution is 2.22. The molecule has 0 aliphatic rings. The summed E-state index contributed by atoms with van der Waals surface area (Å²) < 4.78 is 14.8. The van der Waals surface area contributed by atoms with Gasteiger partial charge in [0, 0.05) is 19.2 Å². The Bertz CT molecular complexity index is 1130. The smallest absolute Gasteiger partial charge is 0.270 e. The molecule has 0 aliphatic carbocycles. The highest BCUT2D eigenvalue weighted by molar-refractivity contribution is 14.1. The van der Waals surface area contributed by atoms with Gasteiger partial charge in [-0.1, -0.05) is 46.3 Å². The molecule has 0 bridgehead atoms. The van der Waals surface area contributed by atoms with Gasteiger partial charge in [-0.3, -0.25) is 9.78 Å². The van der Waals surface area contributed by atoms with Gasteiger partial charge in [0.1, 0.15) is 17.4 Å². The zero-order valence-electron chi connectivity index (χ0n) is 13.5. The van der Waals surface area contributed by atoms with Crippen molar-refractivity contribution in [1.29, 1.82) is 5.26 Å². The Morgan fingerprint density at radius 3 is 2.78 bits per heavy atom. The lowest BCUT2D eigenvalue weighted by molar-refractivity contribution is 0.620. The maximum Gasteiger partial charge on any atom is 0.270 e. The van der Waals surface area contributed by atoms with Gasteiger partial charge in [-0.25, -0.2) is 14.8 Å². The molecule has 134 valence electrons. The number of hydrazone groups is 1. The van der Waals surface area contributed by atoms with Gasteiger partial charge < -0.3 is 0 Å². The minimum absolute atomic E-state index is 0.0659. The number of aromatic amines is 1.